The second kappa shape index (κ2) is 9.38. The number of fused-ring (bicyclic) bond motifs is 3. The molecule has 3 atom stereocenters. The van der Waals surface area contributed by atoms with Gasteiger partial charge in [-0.25, -0.2) is 9.07 Å². The number of hydrogen-bond donors (Lipinski definition) is 1. The average Bonchev–Trinajstić information content (AvgIpc) is 3.37. The van der Waals surface area contributed by atoms with Crippen molar-refractivity contribution in [1.29, 1.82) is 0 Å². The van der Waals surface area contributed by atoms with Crippen molar-refractivity contribution in [3.05, 3.63) is 95.6 Å². The van der Waals surface area contributed by atoms with E-state index in [0.717, 1.165) is 52.3 Å². The van der Waals surface area contributed by atoms with E-state index >= 15 is 0 Å². The molecule has 0 aliphatic heterocycles. The minimum atomic E-state index is -0.705. The highest BCUT2D eigenvalue weighted by Gasteiger charge is 2.51. The number of alkyl halides is 1. The lowest BCUT2D eigenvalue weighted by atomic mass is 9.57. The lowest BCUT2D eigenvalue weighted by molar-refractivity contribution is -0.125. The molecule has 39 heavy (non-hydrogen) atoms. The van der Waals surface area contributed by atoms with Gasteiger partial charge in [0.2, 0.25) is 0 Å². The second-order valence-electron chi connectivity index (χ2n) is 10.5. The molecule has 3 aromatic heterocycles. The Morgan fingerprint density at radius 2 is 1.90 bits per heavy atom. The van der Waals surface area contributed by atoms with Gasteiger partial charge >= 0.3 is 0 Å². The van der Waals surface area contributed by atoms with Gasteiger partial charge in [0.05, 0.1) is 28.3 Å². The highest BCUT2D eigenvalue weighted by molar-refractivity contribution is 6.20. The summed E-state index contributed by atoms with van der Waals surface area (Å²) in [5.41, 5.74) is 11.6. The van der Waals surface area contributed by atoms with Crippen molar-refractivity contribution in [2.75, 3.05) is 0 Å². The van der Waals surface area contributed by atoms with Crippen LogP contribution < -0.4 is 5.73 Å². The Labute approximate surface area is 225 Å². The summed E-state index contributed by atoms with van der Waals surface area (Å²) >= 11 is 0. The maximum absolute atomic E-state index is 13.2. The van der Waals surface area contributed by atoms with E-state index < -0.39 is 18.0 Å². The molecule has 8 heteroatoms. The topological polar surface area (TPSA) is 104 Å². The van der Waals surface area contributed by atoms with Crippen LogP contribution in [0.2, 0.25) is 0 Å². The minimum Gasteiger partial charge on any atom is -0.365 e. The molecule has 6 rings (SSSR count). The van der Waals surface area contributed by atoms with Gasteiger partial charge in [0.1, 0.15) is 12.4 Å². The fraction of sp³-hybridized carbons (Fsp3) is 0.258. The first kappa shape index (κ1) is 24.9. The number of nitrogens with zero attached hydrogens (tertiary/aromatic N) is 4. The molecular formula is C31H28FN5O2. The van der Waals surface area contributed by atoms with Gasteiger partial charge in [-0.3, -0.25) is 19.6 Å². The van der Waals surface area contributed by atoms with Crippen LogP contribution in [0.1, 0.15) is 37.2 Å². The molecule has 1 amide bonds. The molecule has 0 saturated heterocycles. The molecule has 0 saturated carbocycles. The molecule has 3 heterocycles. The third-order valence-corrected chi connectivity index (χ3v) is 8.27. The summed E-state index contributed by atoms with van der Waals surface area (Å²) in [6.07, 6.45) is 6.64. The Bertz CT molecular complexity index is 1630. The van der Waals surface area contributed by atoms with E-state index in [1.165, 1.54) is 0 Å². The molecule has 2 aliphatic rings. The number of carbonyl (C=O) groups excluding carboxylic acids is 2. The zero-order chi connectivity index (χ0) is 27.3. The molecule has 2 N–H and O–H groups in total. The number of pyridine rings is 2. The predicted octanol–water partition coefficient (Wildman–Crippen LogP) is 4.92. The number of aromatic nitrogens is 4. The average molecular weight is 522 g/mol. The smallest absolute Gasteiger partial charge is 0.252 e. The third-order valence-electron chi connectivity index (χ3n) is 8.27. The number of halogens is 1. The van der Waals surface area contributed by atoms with Crippen molar-refractivity contribution < 1.29 is 14.0 Å². The summed E-state index contributed by atoms with van der Waals surface area (Å²) in [6.45, 7) is 3.34. The van der Waals surface area contributed by atoms with Gasteiger partial charge in [-0.1, -0.05) is 38.1 Å². The normalized spacial score (nSPS) is 22.1. The number of carbonyl (C=O) groups is 2. The molecular weight excluding hydrogens is 493 g/mol. The zero-order valence-corrected chi connectivity index (χ0v) is 21.8. The number of amides is 1. The molecule has 0 unspecified atom stereocenters. The number of hydrogen-bond acceptors (Lipinski definition) is 5. The summed E-state index contributed by atoms with van der Waals surface area (Å²) in [7, 11) is 0. The molecule has 0 spiro atoms. The van der Waals surface area contributed by atoms with E-state index in [4.69, 9.17) is 10.8 Å². The predicted molar refractivity (Wildman–Crippen MR) is 145 cm³/mol. The lowest BCUT2D eigenvalue weighted by Gasteiger charge is -2.45. The first-order valence-electron chi connectivity index (χ1n) is 13.0. The zero-order valence-electron chi connectivity index (χ0n) is 21.8. The fourth-order valence-corrected chi connectivity index (χ4v) is 6.37. The maximum Gasteiger partial charge on any atom is 0.252 e. The summed E-state index contributed by atoms with van der Waals surface area (Å²) in [5.74, 6) is -1.26. The summed E-state index contributed by atoms with van der Waals surface area (Å²) in [4.78, 5) is 34.0. The maximum atomic E-state index is 13.2. The Hall–Kier alpha value is -4.46. The van der Waals surface area contributed by atoms with Crippen LogP contribution in [0.5, 0.6) is 0 Å². The highest BCUT2D eigenvalue weighted by atomic mass is 19.1. The summed E-state index contributed by atoms with van der Waals surface area (Å²) in [6, 6.07) is 17.2. The number of Topliss-reactive ketones (excluding diaryl/α,β-unsaturated/α-hetero) is 1. The molecule has 0 fully saturated rings. The summed E-state index contributed by atoms with van der Waals surface area (Å²) in [5, 5.41) is 5.08. The van der Waals surface area contributed by atoms with Gasteiger partial charge in [0.25, 0.3) is 5.91 Å². The van der Waals surface area contributed by atoms with Gasteiger partial charge in [-0.15, -0.1) is 0 Å². The molecule has 2 aliphatic carbocycles. The van der Waals surface area contributed by atoms with Crippen LogP contribution in [0, 0.1) is 11.8 Å². The third kappa shape index (κ3) is 3.98. The minimum absolute atomic E-state index is 0.0113. The van der Waals surface area contributed by atoms with Gasteiger partial charge in [-0.2, -0.15) is 5.10 Å². The van der Waals surface area contributed by atoms with Crippen LogP contribution in [0.4, 0.5) is 4.39 Å². The van der Waals surface area contributed by atoms with Crippen LogP contribution >= 0.6 is 0 Å². The number of allylic oxidation sites excluding steroid dienone is 1. The number of benzene rings is 1. The van der Waals surface area contributed by atoms with Crippen molar-refractivity contribution in [1.82, 2.24) is 19.7 Å². The van der Waals surface area contributed by atoms with Crippen molar-refractivity contribution >= 4 is 11.7 Å². The molecule has 4 aromatic rings. The van der Waals surface area contributed by atoms with Crippen molar-refractivity contribution in [3.63, 3.8) is 0 Å². The quantitative estimate of drug-likeness (QED) is 0.376. The Morgan fingerprint density at radius 1 is 1.10 bits per heavy atom. The number of rotatable bonds is 5. The van der Waals surface area contributed by atoms with Gasteiger partial charge in [0, 0.05) is 29.3 Å². The molecule has 0 radical (unpaired) electrons. The number of ketones is 1. The van der Waals surface area contributed by atoms with Crippen LogP contribution in [-0.4, -0.2) is 31.4 Å². The van der Waals surface area contributed by atoms with Crippen LogP contribution in [0.15, 0.2) is 78.6 Å². The van der Waals surface area contributed by atoms with Gasteiger partial charge < -0.3 is 5.73 Å². The van der Waals surface area contributed by atoms with Crippen molar-refractivity contribution in [2.45, 2.75) is 38.8 Å². The van der Waals surface area contributed by atoms with E-state index in [2.05, 4.69) is 16.9 Å². The van der Waals surface area contributed by atoms with Crippen LogP contribution in [0.25, 0.3) is 28.2 Å². The van der Waals surface area contributed by atoms with E-state index in [-0.39, 0.29) is 23.2 Å². The van der Waals surface area contributed by atoms with Crippen LogP contribution in [0.3, 0.4) is 0 Å². The SMILES string of the molecule is C[C@H]1C(=O)C(C(N)=O)=C[C@@]2(C)c3c(c(-c4ccccn4)nn3-c3ccc(-c4ccnc(CF)c4)cc3)CC[C@H]12. The van der Waals surface area contributed by atoms with Crippen LogP contribution in [-0.2, 0) is 28.1 Å². The fourth-order valence-electron chi connectivity index (χ4n) is 6.37. The van der Waals surface area contributed by atoms with E-state index in [1.54, 1.807) is 24.5 Å². The Kier molecular flexibility index (Phi) is 5.98. The number of nitrogens with two attached hydrogens (primary N) is 1. The van der Waals surface area contributed by atoms with Crippen molar-refractivity contribution in [3.8, 4) is 28.2 Å². The molecule has 0 bridgehead atoms. The van der Waals surface area contributed by atoms with Gasteiger partial charge in [-0.05, 0) is 66.3 Å². The lowest BCUT2D eigenvalue weighted by Crippen LogP contribution is -2.48. The van der Waals surface area contributed by atoms with E-state index in [1.807, 2.05) is 60.1 Å². The monoisotopic (exact) mass is 521 g/mol. The number of primary amides is 1. The second-order valence-corrected chi connectivity index (χ2v) is 10.5. The standard InChI is InChI=1S/C31H28FN5O2/c1-18-25-11-10-23-27(26-5-3-4-13-35-26)36-37(29(23)31(25,2)16-24(28(18)38)30(33)39)22-8-6-19(7-9-22)20-12-14-34-21(15-20)17-32/h3-9,12-16,18,25H,10-11,17H2,1-2H3,(H2,33,39)/t18-,25-,31-/m1/s1. The van der Waals surface area contributed by atoms with E-state index in [9.17, 15) is 14.0 Å². The molecule has 196 valence electrons. The Balaban J connectivity index is 1.55. The van der Waals surface area contributed by atoms with Crippen molar-refractivity contribution in [2.24, 2.45) is 17.6 Å². The van der Waals surface area contributed by atoms with E-state index in [0.29, 0.717) is 5.69 Å². The first-order chi connectivity index (χ1) is 18.8. The first-order valence-corrected chi connectivity index (χ1v) is 13.0. The highest BCUT2D eigenvalue weighted by Crippen LogP contribution is 2.52. The Morgan fingerprint density at radius 3 is 2.59 bits per heavy atom. The largest absolute Gasteiger partial charge is 0.365 e. The van der Waals surface area contributed by atoms with Gasteiger partial charge in [0.15, 0.2) is 5.78 Å². The molecule has 1 aromatic carbocycles. The molecule has 7 nitrogen and oxygen atoms in total. The summed E-state index contributed by atoms with van der Waals surface area (Å²) < 4.78 is 15.1.